The van der Waals surface area contributed by atoms with E-state index in [1.54, 1.807) is 28.9 Å². The van der Waals surface area contributed by atoms with Gasteiger partial charge in [-0.05, 0) is 19.1 Å². The van der Waals surface area contributed by atoms with Crippen molar-refractivity contribution in [3.8, 4) is 5.75 Å². The maximum atomic E-state index is 12.4. The summed E-state index contributed by atoms with van der Waals surface area (Å²) in [7, 11) is 1.78. The van der Waals surface area contributed by atoms with Crippen LogP contribution in [0.3, 0.4) is 0 Å². The maximum Gasteiger partial charge on any atom is 0.231 e. The number of carbonyl (C=O) groups excluding carboxylic acids is 2. The zero-order valence-corrected chi connectivity index (χ0v) is 13.7. The van der Waals surface area contributed by atoms with Gasteiger partial charge in [0.2, 0.25) is 11.8 Å². The standard InChI is InChI=1S/C17H20N4O3/c1-3-24-14-7-5-4-6-13(14)21-11-12(10-16(21)22)17(23)18-15-8-9-20(2)19-15/h4-9,12H,3,10-11H2,1-2H3,(H,18,19,23)/t12-/m1/s1. The number of anilines is 2. The highest BCUT2D eigenvalue weighted by molar-refractivity contribution is 6.03. The van der Waals surface area contributed by atoms with E-state index < -0.39 is 5.92 Å². The molecule has 0 bridgehead atoms. The molecule has 126 valence electrons. The molecular formula is C17H20N4O3. The molecule has 1 saturated heterocycles. The summed E-state index contributed by atoms with van der Waals surface area (Å²) in [6, 6.07) is 9.10. The van der Waals surface area contributed by atoms with Crippen molar-refractivity contribution < 1.29 is 14.3 Å². The van der Waals surface area contributed by atoms with Gasteiger partial charge in [-0.3, -0.25) is 14.3 Å². The third-order valence-electron chi connectivity index (χ3n) is 3.92. The first-order chi connectivity index (χ1) is 11.6. The minimum atomic E-state index is -0.408. The van der Waals surface area contributed by atoms with Gasteiger partial charge in [0.1, 0.15) is 5.75 Å². The molecule has 0 spiro atoms. The van der Waals surface area contributed by atoms with E-state index in [0.717, 1.165) is 0 Å². The molecule has 1 aromatic heterocycles. The fraction of sp³-hybridized carbons (Fsp3) is 0.353. The largest absolute Gasteiger partial charge is 0.492 e. The molecule has 0 radical (unpaired) electrons. The molecule has 1 atom stereocenters. The third-order valence-corrected chi connectivity index (χ3v) is 3.92. The Balaban J connectivity index is 1.73. The Morgan fingerprint density at radius 1 is 1.38 bits per heavy atom. The van der Waals surface area contributed by atoms with Crippen LogP contribution in [0.4, 0.5) is 11.5 Å². The zero-order chi connectivity index (χ0) is 17.1. The first-order valence-electron chi connectivity index (χ1n) is 7.91. The van der Waals surface area contributed by atoms with Gasteiger partial charge in [-0.15, -0.1) is 0 Å². The van der Waals surface area contributed by atoms with E-state index in [1.165, 1.54) is 0 Å². The van der Waals surface area contributed by atoms with Gasteiger partial charge in [0.05, 0.1) is 18.2 Å². The number of ether oxygens (including phenoxy) is 1. The number of hydrogen-bond acceptors (Lipinski definition) is 4. The van der Waals surface area contributed by atoms with Crippen LogP contribution < -0.4 is 15.0 Å². The second-order valence-corrected chi connectivity index (χ2v) is 5.67. The van der Waals surface area contributed by atoms with Crippen LogP contribution in [-0.2, 0) is 16.6 Å². The van der Waals surface area contributed by atoms with E-state index >= 15 is 0 Å². The first kappa shape index (κ1) is 16.0. The molecule has 7 nitrogen and oxygen atoms in total. The molecule has 1 aromatic carbocycles. The fourth-order valence-corrected chi connectivity index (χ4v) is 2.78. The lowest BCUT2D eigenvalue weighted by Crippen LogP contribution is -2.28. The Hall–Kier alpha value is -2.83. The van der Waals surface area contributed by atoms with E-state index in [-0.39, 0.29) is 18.2 Å². The number of aryl methyl sites for hydroxylation is 1. The van der Waals surface area contributed by atoms with Gasteiger partial charge in [-0.1, -0.05) is 12.1 Å². The number of amides is 2. The predicted molar refractivity (Wildman–Crippen MR) is 89.9 cm³/mol. The summed E-state index contributed by atoms with van der Waals surface area (Å²) in [5, 5.41) is 6.88. The minimum Gasteiger partial charge on any atom is -0.492 e. The molecular weight excluding hydrogens is 308 g/mol. The quantitative estimate of drug-likeness (QED) is 0.908. The van der Waals surface area contributed by atoms with Crippen molar-refractivity contribution in [1.82, 2.24) is 9.78 Å². The van der Waals surface area contributed by atoms with Gasteiger partial charge < -0.3 is 15.0 Å². The van der Waals surface area contributed by atoms with Gasteiger partial charge in [0.15, 0.2) is 5.82 Å². The monoisotopic (exact) mass is 328 g/mol. The molecule has 2 aromatic rings. The zero-order valence-electron chi connectivity index (χ0n) is 13.7. The van der Waals surface area contributed by atoms with Crippen LogP contribution in [-0.4, -0.2) is 34.7 Å². The molecule has 0 unspecified atom stereocenters. The van der Waals surface area contributed by atoms with Crippen LogP contribution in [0, 0.1) is 5.92 Å². The van der Waals surface area contributed by atoms with Crippen molar-refractivity contribution in [2.24, 2.45) is 13.0 Å². The van der Waals surface area contributed by atoms with Gasteiger partial charge in [-0.25, -0.2) is 0 Å². The Morgan fingerprint density at radius 2 is 2.17 bits per heavy atom. The molecule has 0 saturated carbocycles. The number of nitrogens with zero attached hydrogens (tertiary/aromatic N) is 3. The van der Waals surface area contributed by atoms with Crippen molar-refractivity contribution in [1.29, 1.82) is 0 Å². The van der Waals surface area contributed by atoms with Crippen molar-refractivity contribution >= 4 is 23.3 Å². The molecule has 0 aliphatic carbocycles. The Morgan fingerprint density at radius 3 is 2.88 bits per heavy atom. The highest BCUT2D eigenvalue weighted by atomic mass is 16.5. The summed E-state index contributed by atoms with van der Waals surface area (Å²) in [5.41, 5.74) is 0.706. The second-order valence-electron chi connectivity index (χ2n) is 5.67. The number of para-hydroxylation sites is 2. The normalized spacial score (nSPS) is 17.2. The Labute approximate surface area is 140 Å². The van der Waals surface area contributed by atoms with E-state index in [4.69, 9.17) is 4.74 Å². The van der Waals surface area contributed by atoms with Crippen molar-refractivity contribution in [2.45, 2.75) is 13.3 Å². The number of benzene rings is 1. The summed E-state index contributed by atoms with van der Waals surface area (Å²) < 4.78 is 7.20. The first-order valence-corrected chi connectivity index (χ1v) is 7.91. The summed E-state index contributed by atoms with van der Waals surface area (Å²) in [6.45, 7) is 2.75. The molecule has 24 heavy (non-hydrogen) atoms. The van der Waals surface area contributed by atoms with Crippen LogP contribution in [0.2, 0.25) is 0 Å². The van der Waals surface area contributed by atoms with E-state index in [0.29, 0.717) is 30.4 Å². The van der Waals surface area contributed by atoms with Crippen molar-refractivity contribution in [2.75, 3.05) is 23.4 Å². The number of rotatable bonds is 5. The molecule has 2 amide bonds. The van der Waals surface area contributed by atoms with Crippen LogP contribution in [0.1, 0.15) is 13.3 Å². The highest BCUT2D eigenvalue weighted by Crippen LogP contribution is 2.33. The van der Waals surface area contributed by atoms with Crippen molar-refractivity contribution in [3.05, 3.63) is 36.5 Å². The van der Waals surface area contributed by atoms with Gasteiger partial charge in [-0.2, -0.15) is 5.10 Å². The molecule has 1 fully saturated rings. The van der Waals surface area contributed by atoms with Crippen LogP contribution in [0.25, 0.3) is 0 Å². The Kier molecular flexibility index (Phi) is 4.50. The summed E-state index contributed by atoms with van der Waals surface area (Å²) in [6.07, 6.45) is 1.93. The van der Waals surface area contributed by atoms with E-state index in [9.17, 15) is 9.59 Å². The number of hydrogen-bond donors (Lipinski definition) is 1. The average molecular weight is 328 g/mol. The number of carbonyl (C=O) groups is 2. The van der Waals surface area contributed by atoms with Crippen molar-refractivity contribution in [3.63, 3.8) is 0 Å². The molecule has 3 rings (SSSR count). The predicted octanol–water partition coefficient (Wildman–Crippen LogP) is 1.81. The van der Waals surface area contributed by atoms with E-state index in [1.807, 2.05) is 31.2 Å². The average Bonchev–Trinajstić information content (AvgIpc) is 3.14. The lowest BCUT2D eigenvalue weighted by molar-refractivity contribution is -0.122. The minimum absolute atomic E-state index is 0.0803. The molecule has 7 heteroatoms. The lowest BCUT2D eigenvalue weighted by atomic mass is 10.1. The third kappa shape index (κ3) is 3.24. The number of nitrogens with one attached hydrogen (secondary N) is 1. The van der Waals surface area contributed by atoms with Crippen LogP contribution >= 0.6 is 0 Å². The van der Waals surface area contributed by atoms with Gasteiger partial charge >= 0.3 is 0 Å². The molecule has 1 aliphatic rings. The SMILES string of the molecule is CCOc1ccccc1N1C[C@H](C(=O)Nc2ccn(C)n2)CC1=O. The number of aromatic nitrogens is 2. The molecule has 2 heterocycles. The molecule has 1 aliphatic heterocycles. The van der Waals surface area contributed by atoms with Crippen LogP contribution in [0.5, 0.6) is 5.75 Å². The second kappa shape index (κ2) is 6.74. The maximum absolute atomic E-state index is 12.4. The fourth-order valence-electron chi connectivity index (χ4n) is 2.78. The smallest absolute Gasteiger partial charge is 0.231 e. The Bertz CT molecular complexity index is 756. The van der Waals surface area contributed by atoms with Crippen LogP contribution in [0.15, 0.2) is 36.5 Å². The van der Waals surface area contributed by atoms with Gasteiger partial charge in [0.25, 0.3) is 0 Å². The molecule has 1 N–H and O–H groups in total. The van der Waals surface area contributed by atoms with E-state index in [2.05, 4.69) is 10.4 Å². The summed E-state index contributed by atoms with van der Waals surface area (Å²) >= 11 is 0. The topological polar surface area (TPSA) is 76.5 Å². The summed E-state index contributed by atoms with van der Waals surface area (Å²) in [5.74, 6) is 0.457. The van der Waals surface area contributed by atoms with Gasteiger partial charge in [0, 0.05) is 32.3 Å². The lowest BCUT2D eigenvalue weighted by Gasteiger charge is -2.20. The summed E-state index contributed by atoms with van der Waals surface area (Å²) in [4.78, 5) is 26.4. The highest BCUT2D eigenvalue weighted by Gasteiger charge is 2.36.